The highest BCUT2D eigenvalue weighted by molar-refractivity contribution is 9.10. The molecule has 2 heterocycles. The normalized spacial score (nSPS) is 28.5. The molecule has 3 rings (SSSR count). The van der Waals surface area contributed by atoms with Gasteiger partial charge in [0.05, 0.1) is 0 Å². The third kappa shape index (κ3) is 2.78. The number of nitrogens with one attached hydrogen (secondary N) is 1. The summed E-state index contributed by atoms with van der Waals surface area (Å²) in [4.78, 5) is 0. The Kier molecular flexibility index (Phi) is 4.32. The van der Waals surface area contributed by atoms with E-state index in [1.165, 1.54) is 59.3 Å². The van der Waals surface area contributed by atoms with Gasteiger partial charge < -0.3 is 5.32 Å². The van der Waals surface area contributed by atoms with Crippen molar-refractivity contribution in [1.29, 1.82) is 0 Å². The molecule has 1 N–H and O–H groups in total. The molecule has 1 aromatic rings. The fourth-order valence-corrected chi connectivity index (χ4v) is 4.98. The molecule has 2 unspecified atom stereocenters. The topological polar surface area (TPSA) is 12.0 Å². The molecule has 2 atom stereocenters. The van der Waals surface area contributed by atoms with Crippen LogP contribution in [-0.2, 0) is 0 Å². The summed E-state index contributed by atoms with van der Waals surface area (Å²) in [6.45, 7) is 1.17. The summed E-state index contributed by atoms with van der Waals surface area (Å²) in [5.74, 6) is 3.38. The van der Waals surface area contributed by atoms with Crippen LogP contribution in [0.15, 0.2) is 22.7 Å². The molecule has 98 valence electrons. The summed E-state index contributed by atoms with van der Waals surface area (Å²) < 4.78 is 1.32. The lowest BCUT2D eigenvalue weighted by molar-refractivity contribution is 0.412. The van der Waals surface area contributed by atoms with Crippen molar-refractivity contribution in [2.75, 3.05) is 18.1 Å². The summed E-state index contributed by atoms with van der Waals surface area (Å²) in [5.41, 5.74) is 2.97. The van der Waals surface area contributed by atoms with E-state index in [2.05, 4.69) is 51.2 Å². The van der Waals surface area contributed by atoms with E-state index in [0.717, 1.165) is 5.92 Å². The maximum atomic E-state index is 3.79. The lowest BCUT2D eigenvalue weighted by Crippen LogP contribution is -2.26. The van der Waals surface area contributed by atoms with Gasteiger partial charge in [-0.3, -0.25) is 0 Å². The van der Waals surface area contributed by atoms with Gasteiger partial charge in [-0.15, -0.1) is 0 Å². The van der Waals surface area contributed by atoms with Gasteiger partial charge in [-0.05, 0) is 54.7 Å². The van der Waals surface area contributed by atoms with Crippen LogP contribution in [0.3, 0.4) is 0 Å². The number of rotatable bonds is 2. The molecule has 0 saturated carbocycles. The van der Waals surface area contributed by atoms with Crippen LogP contribution in [0, 0.1) is 0 Å². The van der Waals surface area contributed by atoms with Crippen molar-refractivity contribution in [2.24, 2.45) is 0 Å². The minimum atomic E-state index is 0.571. The molecule has 1 nitrogen and oxygen atoms in total. The Balaban J connectivity index is 1.79. The predicted octanol–water partition coefficient (Wildman–Crippen LogP) is 4.48. The SMILES string of the molecule is Brc1cc(C2CCCCN2)ccc1C1CCSC1. The molecule has 2 saturated heterocycles. The standard InChI is InChI=1S/C15H20BrNS/c16-14-9-11(15-3-1-2-7-17-15)4-5-13(14)12-6-8-18-10-12/h4-5,9,12,15,17H,1-3,6-8,10H2. The van der Waals surface area contributed by atoms with Crippen LogP contribution < -0.4 is 5.32 Å². The van der Waals surface area contributed by atoms with E-state index >= 15 is 0 Å². The summed E-state index contributed by atoms with van der Waals surface area (Å²) in [5, 5.41) is 3.63. The largest absolute Gasteiger partial charge is 0.310 e. The minimum absolute atomic E-state index is 0.571. The van der Waals surface area contributed by atoms with E-state index in [-0.39, 0.29) is 0 Å². The maximum Gasteiger partial charge on any atom is 0.0320 e. The number of piperidine rings is 1. The summed E-state index contributed by atoms with van der Waals surface area (Å²) in [6.07, 6.45) is 5.31. The predicted molar refractivity (Wildman–Crippen MR) is 83.4 cm³/mol. The van der Waals surface area contributed by atoms with Crippen LogP contribution in [0.5, 0.6) is 0 Å². The van der Waals surface area contributed by atoms with Crippen LogP contribution in [0.2, 0.25) is 0 Å². The van der Waals surface area contributed by atoms with Crippen molar-refractivity contribution < 1.29 is 0 Å². The molecular formula is C15H20BrNS. The van der Waals surface area contributed by atoms with Crippen molar-refractivity contribution in [1.82, 2.24) is 5.32 Å². The Morgan fingerprint density at radius 2 is 2.17 bits per heavy atom. The van der Waals surface area contributed by atoms with Gasteiger partial charge in [-0.2, -0.15) is 11.8 Å². The van der Waals surface area contributed by atoms with Crippen LogP contribution in [0.25, 0.3) is 0 Å². The first-order valence-corrected chi connectivity index (χ1v) is 8.90. The fraction of sp³-hybridized carbons (Fsp3) is 0.600. The molecule has 1 aromatic carbocycles. The lowest BCUT2D eigenvalue weighted by Gasteiger charge is -2.24. The average Bonchev–Trinajstić information content (AvgIpc) is 2.93. The molecule has 18 heavy (non-hydrogen) atoms. The van der Waals surface area contributed by atoms with Gasteiger partial charge in [-0.1, -0.05) is 34.5 Å². The first kappa shape index (κ1) is 13.0. The van der Waals surface area contributed by atoms with Crippen LogP contribution in [0.4, 0.5) is 0 Å². The second-order valence-electron chi connectivity index (χ2n) is 5.34. The first-order chi connectivity index (χ1) is 8.84. The molecule has 0 aromatic heterocycles. The van der Waals surface area contributed by atoms with Crippen molar-refractivity contribution in [2.45, 2.75) is 37.6 Å². The fourth-order valence-electron chi connectivity index (χ4n) is 3.01. The monoisotopic (exact) mass is 325 g/mol. The zero-order valence-corrected chi connectivity index (χ0v) is 13.0. The second kappa shape index (κ2) is 5.98. The maximum absolute atomic E-state index is 3.79. The summed E-state index contributed by atoms with van der Waals surface area (Å²) >= 11 is 5.87. The average molecular weight is 326 g/mol. The van der Waals surface area contributed by atoms with Crippen molar-refractivity contribution >= 4 is 27.7 Å². The number of halogens is 1. The van der Waals surface area contributed by atoms with Gasteiger partial charge in [0.1, 0.15) is 0 Å². The van der Waals surface area contributed by atoms with E-state index in [1.54, 1.807) is 0 Å². The van der Waals surface area contributed by atoms with E-state index in [1.807, 2.05) is 0 Å². The molecule has 2 fully saturated rings. The summed E-state index contributed by atoms with van der Waals surface area (Å²) in [7, 11) is 0. The Bertz CT molecular complexity index is 409. The van der Waals surface area contributed by atoms with Gasteiger partial charge in [-0.25, -0.2) is 0 Å². The van der Waals surface area contributed by atoms with E-state index < -0.39 is 0 Å². The van der Waals surface area contributed by atoms with Crippen LogP contribution in [-0.4, -0.2) is 18.1 Å². The summed E-state index contributed by atoms with van der Waals surface area (Å²) in [6, 6.07) is 7.61. The van der Waals surface area contributed by atoms with Gasteiger partial charge in [0.15, 0.2) is 0 Å². The van der Waals surface area contributed by atoms with Crippen molar-refractivity contribution in [3.05, 3.63) is 33.8 Å². The Labute approximate surface area is 122 Å². The van der Waals surface area contributed by atoms with E-state index in [0.29, 0.717) is 6.04 Å². The van der Waals surface area contributed by atoms with Crippen molar-refractivity contribution in [3.8, 4) is 0 Å². The number of hydrogen-bond donors (Lipinski definition) is 1. The van der Waals surface area contributed by atoms with Crippen LogP contribution in [0.1, 0.15) is 48.8 Å². The minimum Gasteiger partial charge on any atom is -0.310 e. The smallest absolute Gasteiger partial charge is 0.0320 e. The van der Waals surface area contributed by atoms with E-state index in [9.17, 15) is 0 Å². The molecule has 2 aliphatic heterocycles. The van der Waals surface area contributed by atoms with Gasteiger partial charge in [0, 0.05) is 16.3 Å². The molecule has 0 amide bonds. The molecule has 0 spiro atoms. The highest BCUT2D eigenvalue weighted by atomic mass is 79.9. The quantitative estimate of drug-likeness (QED) is 0.860. The van der Waals surface area contributed by atoms with Gasteiger partial charge in [0.25, 0.3) is 0 Å². The van der Waals surface area contributed by atoms with Crippen LogP contribution >= 0.6 is 27.7 Å². The Hall–Kier alpha value is 0.01000. The Morgan fingerprint density at radius 1 is 1.22 bits per heavy atom. The third-order valence-electron chi connectivity index (χ3n) is 4.11. The van der Waals surface area contributed by atoms with E-state index in [4.69, 9.17) is 0 Å². The molecule has 2 aliphatic rings. The molecule has 0 radical (unpaired) electrons. The highest BCUT2D eigenvalue weighted by Crippen LogP contribution is 2.37. The number of thioether (sulfide) groups is 1. The zero-order chi connectivity index (χ0) is 12.4. The molecular weight excluding hydrogens is 306 g/mol. The zero-order valence-electron chi connectivity index (χ0n) is 10.6. The van der Waals surface area contributed by atoms with Gasteiger partial charge in [0.2, 0.25) is 0 Å². The Morgan fingerprint density at radius 3 is 2.83 bits per heavy atom. The lowest BCUT2D eigenvalue weighted by atomic mass is 9.93. The van der Waals surface area contributed by atoms with Crippen molar-refractivity contribution in [3.63, 3.8) is 0 Å². The third-order valence-corrected chi connectivity index (χ3v) is 5.96. The molecule has 0 aliphatic carbocycles. The molecule has 0 bridgehead atoms. The highest BCUT2D eigenvalue weighted by Gasteiger charge is 2.21. The number of benzene rings is 1. The first-order valence-electron chi connectivity index (χ1n) is 6.95. The second-order valence-corrected chi connectivity index (χ2v) is 7.35. The molecule has 3 heteroatoms. The van der Waals surface area contributed by atoms with Gasteiger partial charge >= 0.3 is 0 Å². The number of hydrogen-bond acceptors (Lipinski definition) is 2.